The van der Waals surface area contributed by atoms with E-state index >= 15 is 0 Å². The maximum atomic E-state index is 9.08. The molecule has 130 valence electrons. The average molecular weight is 344 g/mol. The third-order valence-electron chi connectivity index (χ3n) is 4.39. The second-order valence-electron chi connectivity index (χ2n) is 6.18. The minimum Gasteiger partial charge on any atom is -0.396 e. The first-order valence-corrected chi connectivity index (χ1v) is 8.64. The molecule has 26 heavy (non-hydrogen) atoms. The monoisotopic (exact) mass is 344 g/mol. The molecule has 0 saturated heterocycles. The van der Waals surface area contributed by atoms with E-state index in [0.29, 0.717) is 13.0 Å². The first-order chi connectivity index (χ1) is 12.8. The van der Waals surface area contributed by atoms with Crippen LogP contribution in [0.25, 0.3) is 22.2 Å². The van der Waals surface area contributed by atoms with Gasteiger partial charge < -0.3 is 15.4 Å². The second kappa shape index (κ2) is 7.37. The predicted octanol–water partition coefficient (Wildman–Crippen LogP) is 3.77. The van der Waals surface area contributed by atoms with Crippen LogP contribution in [0.5, 0.6) is 0 Å². The predicted molar refractivity (Wildman–Crippen MR) is 104 cm³/mol. The SMILES string of the molecule is OCCc1ccc(-c2cc(NCc3cccnc3)nc3[nH]ccc23)cc1. The molecule has 0 unspecified atom stereocenters. The Labute approximate surface area is 151 Å². The summed E-state index contributed by atoms with van der Waals surface area (Å²) in [5, 5.41) is 13.6. The maximum Gasteiger partial charge on any atom is 0.140 e. The molecule has 0 amide bonds. The van der Waals surface area contributed by atoms with Crippen LogP contribution in [-0.2, 0) is 13.0 Å². The maximum absolute atomic E-state index is 9.08. The van der Waals surface area contributed by atoms with Crippen LogP contribution in [0.1, 0.15) is 11.1 Å². The fourth-order valence-corrected chi connectivity index (χ4v) is 3.04. The van der Waals surface area contributed by atoms with Crippen molar-refractivity contribution in [3.63, 3.8) is 0 Å². The Bertz CT molecular complexity index is 994. The van der Waals surface area contributed by atoms with Crippen LogP contribution in [0.4, 0.5) is 5.82 Å². The Hall–Kier alpha value is -3.18. The molecule has 1 aromatic carbocycles. The molecular formula is C21H20N4O. The molecule has 0 atom stereocenters. The van der Waals surface area contributed by atoms with Crippen LogP contribution in [-0.4, -0.2) is 26.7 Å². The molecule has 4 aromatic rings. The quantitative estimate of drug-likeness (QED) is 0.498. The van der Waals surface area contributed by atoms with E-state index in [9.17, 15) is 0 Å². The number of nitrogens with one attached hydrogen (secondary N) is 2. The summed E-state index contributed by atoms with van der Waals surface area (Å²) in [4.78, 5) is 12.0. The van der Waals surface area contributed by atoms with Crippen LogP contribution in [0.3, 0.4) is 0 Å². The van der Waals surface area contributed by atoms with Crippen molar-refractivity contribution in [3.8, 4) is 11.1 Å². The fourth-order valence-electron chi connectivity index (χ4n) is 3.04. The van der Waals surface area contributed by atoms with Crippen LogP contribution in [0.2, 0.25) is 0 Å². The lowest BCUT2D eigenvalue weighted by Crippen LogP contribution is -2.02. The molecular weight excluding hydrogens is 324 g/mol. The number of hydrogen-bond donors (Lipinski definition) is 3. The average Bonchev–Trinajstić information content (AvgIpc) is 3.16. The number of rotatable bonds is 6. The van der Waals surface area contributed by atoms with Gasteiger partial charge in [0, 0.05) is 37.1 Å². The van der Waals surface area contributed by atoms with E-state index < -0.39 is 0 Å². The summed E-state index contributed by atoms with van der Waals surface area (Å²) in [6.07, 6.45) is 6.20. The van der Waals surface area contributed by atoms with Crippen LogP contribution < -0.4 is 5.32 Å². The van der Waals surface area contributed by atoms with Gasteiger partial charge in [-0.25, -0.2) is 4.98 Å². The van der Waals surface area contributed by atoms with Gasteiger partial charge >= 0.3 is 0 Å². The number of pyridine rings is 2. The number of nitrogens with zero attached hydrogens (tertiary/aromatic N) is 2. The minimum atomic E-state index is 0.166. The van der Waals surface area contributed by atoms with E-state index in [1.165, 1.54) is 0 Å². The summed E-state index contributed by atoms with van der Waals surface area (Å²) in [5.41, 5.74) is 5.35. The van der Waals surface area contributed by atoms with Crippen LogP contribution in [0, 0.1) is 0 Å². The Morgan fingerprint density at radius 3 is 2.69 bits per heavy atom. The summed E-state index contributed by atoms with van der Waals surface area (Å²) in [6.45, 7) is 0.834. The molecule has 3 heterocycles. The van der Waals surface area contributed by atoms with Crippen LogP contribution in [0.15, 0.2) is 67.1 Å². The van der Waals surface area contributed by atoms with Gasteiger partial charge in [0.25, 0.3) is 0 Å². The van der Waals surface area contributed by atoms with Crippen molar-refractivity contribution in [1.82, 2.24) is 15.0 Å². The fraction of sp³-hybridized carbons (Fsp3) is 0.143. The van der Waals surface area contributed by atoms with E-state index in [1.807, 2.05) is 30.6 Å². The molecule has 0 saturated carbocycles. The van der Waals surface area contributed by atoms with Crippen molar-refractivity contribution in [2.24, 2.45) is 0 Å². The van der Waals surface area contributed by atoms with E-state index in [1.54, 1.807) is 6.20 Å². The first-order valence-electron chi connectivity index (χ1n) is 8.64. The molecule has 0 radical (unpaired) electrons. The summed E-state index contributed by atoms with van der Waals surface area (Å²) < 4.78 is 0. The standard InChI is InChI=1S/C21H20N4O/c26-11-8-15-3-5-17(6-4-15)19-12-20(25-21-18(19)7-10-23-21)24-14-16-2-1-9-22-13-16/h1-7,9-10,12-13,26H,8,11,14H2,(H2,23,24,25). The van der Waals surface area contributed by atoms with Gasteiger partial charge in [-0.3, -0.25) is 4.98 Å². The summed E-state index contributed by atoms with van der Waals surface area (Å²) in [7, 11) is 0. The zero-order valence-corrected chi connectivity index (χ0v) is 14.3. The van der Waals surface area contributed by atoms with Crippen molar-refractivity contribution in [2.75, 3.05) is 11.9 Å². The Kier molecular flexibility index (Phi) is 4.62. The molecule has 3 N–H and O–H groups in total. The molecule has 0 aliphatic carbocycles. The van der Waals surface area contributed by atoms with Gasteiger partial charge in [-0.2, -0.15) is 0 Å². The van der Waals surface area contributed by atoms with Crippen molar-refractivity contribution >= 4 is 16.9 Å². The number of aromatic amines is 1. The zero-order chi connectivity index (χ0) is 17.8. The third kappa shape index (κ3) is 3.43. The number of H-pyrrole nitrogens is 1. The van der Waals surface area contributed by atoms with E-state index in [2.05, 4.69) is 50.6 Å². The van der Waals surface area contributed by atoms with Gasteiger partial charge in [-0.15, -0.1) is 0 Å². The number of aliphatic hydroxyl groups excluding tert-OH is 1. The van der Waals surface area contributed by atoms with Gasteiger partial charge in [0.1, 0.15) is 11.5 Å². The summed E-state index contributed by atoms with van der Waals surface area (Å²) >= 11 is 0. The molecule has 0 bridgehead atoms. The summed E-state index contributed by atoms with van der Waals surface area (Å²) in [5.74, 6) is 0.818. The third-order valence-corrected chi connectivity index (χ3v) is 4.39. The van der Waals surface area contributed by atoms with Crippen LogP contribution >= 0.6 is 0 Å². The van der Waals surface area contributed by atoms with Crippen molar-refractivity contribution in [2.45, 2.75) is 13.0 Å². The van der Waals surface area contributed by atoms with Gasteiger partial charge in [0.2, 0.25) is 0 Å². The number of benzene rings is 1. The largest absolute Gasteiger partial charge is 0.396 e. The van der Waals surface area contributed by atoms with Crippen molar-refractivity contribution in [3.05, 3.63) is 78.2 Å². The van der Waals surface area contributed by atoms with Gasteiger partial charge in [-0.05, 0) is 46.9 Å². The lowest BCUT2D eigenvalue weighted by molar-refractivity contribution is 0.299. The molecule has 5 heteroatoms. The highest BCUT2D eigenvalue weighted by Crippen LogP contribution is 2.30. The number of anilines is 1. The van der Waals surface area contributed by atoms with E-state index in [-0.39, 0.29) is 6.61 Å². The Morgan fingerprint density at radius 2 is 1.92 bits per heavy atom. The molecule has 0 fully saturated rings. The molecule has 3 aromatic heterocycles. The molecule has 5 nitrogen and oxygen atoms in total. The highest BCUT2D eigenvalue weighted by Gasteiger charge is 2.09. The summed E-state index contributed by atoms with van der Waals surface area (Å²) in [6, 6.07) is 16.4. The molecule has 0 spiro atoms. The smallest absolute Gasteiger partial charge is 0.140 e. The molecule has 0 aliphatic rings. The minimum absolute atomic E-state index is 0.166. The lowest BCUT2D eigenvalue weighted by Gasteiger charge is -2.10. The number of fused-ring (bicyclic) bond motifs is 1. The van der Waals surface area contributed by atoms with Gasteiger partial charge in [-0.1, -0.05) is 30.3 Å². The molecule has 0 aliphatic heterocycles. The number of hydrogen-bond acceptors (Lipinski definition) is 4. The highest BCUT2D eigenvalue weighted by atomic mass is 16.2. The molecule has 4 rings (SSSR count). The van der Waals surface area contributed by atoms with E-state index in [4.69, 9.17) is 5.11 Å². The topological polar surface area (TPSA) is 73.8 Å². The first kappa shape index (κ1) is 16.3. The van der Waals surface area contributed by atoms with Crippen molar-refractivity contribution < 1.29 is 5.11 Å². The number of aromatic nitrogens is 3. The van der Waals surface area contributed by atoms with E-state index in [0.717, 1.165) is 39.1 Å². The highest BCUT2D eigenvalue weighted by molar-refractivity contribution is 5.94. The normalized spacial score (nSPS) is 11.0. The lowest BCUT2D eigenvalue weighted by atomic mass is 10.0. The Morgan fingerprint density at radius 1 is 1.04 bits per heavy atom. The van der Waals surface area contributed by atoms with Gasteiger partial charge in [0.05, 0.1) is 0 Å². The second-order valence-corrected chi connectivity index (χ2v) is 6.18. The van der Waals surface area contributed by atoms with Gasteiger partial charge in [0.15, 0.2) is 0 Å². The van der Waals surface area contributed by atoms with Crippen molar-refractivity contribution in [1.29, 1.82) is 0 Å². The number of aliphatic hydroxyl groups is 1. The zero-order valence-electron chi connectivity index (χ0n) is 14.3. The Balaban J connectivity index is 1.66.